The Morgan fingerprint density at radius 3 is 1.92 bits per heavy atom. The maximum atomic E-state index is 12.9. The fourth-order valence-corrected chi connectivity index (χ4v) is 2.17. The molecule has 130 valence electrons. The third kappa shape index (κ3) is 4.67. The molecule has 0 saturated carbocycles. The van der Waals surface area contributed by atoms with Gasteiger partial charge >= 0.3 is 12.0 Å². The molecular weight excluding hydrogens is 335 g/mol. The predicted octanol–water partition coefficient (Wildman–Crippen LogP) is 4.69. The van der Waals surface area contributed by atoms with Gasteiger partial charge in [0.1, 0.15) is 11.6 Å². The summed E-state index contributed by atoms with van der Waals surface area (Å²) in [5.41, 5.74) is 1.46. The van der Waals surface area contributed by atoms with E-state index in [-0.39, 0.29) is 11.6 Å². The van der Waals surface area contributed by atoms with Gasteiger partial charge in [0.25, 0.3) is 0 Å². The molecule has 6 heteroatoms. The average molecular weight is 350 g/mol. The lowest BCUT2D eigenvalue weighted by Crippen LogP contribution is -2.19. The topological polar surface area (TPSA) is 67.4 Å². The number of hydrogen-bond donors (Lipinski definition) is 2. The standard InChI is InChI=1S/C20H15FN2O3/c21-15-8-6-14(7-9-15)19(24)26-18-12-10-17(11-13-18)23-20(25)22-16-4-2-1-3-5-16/h1-13H,(H2,22,23,25). The van der Waals surface area contributed by atoms with Crippen LogP contribution in [0.1, 0.15) is 10.4 Å². The number of hydrogen-bond acceptors (Lipinski definition) is 3. The summed E-state index contributed by atoms with van der Waals surface area (Å²) >= 11 is 0. The summed E-state index contributed by atoms with van der Waals surface area (Å²) in [6.45, 7) is 0. The summed E-state index contributed by atoms with van der Waals surface area (Å²) in [5.74, 6) is -0.702. The van der Waals surface area contributed by atoms with Crippen molar-refractivity contribution in [2.24, 2.45) is 0 Å². The van der Waals surface area contributed by atoms with Crippen molar-refractivity contribution in [2.75, 3.05) is 10.6 Å². The molecule has 0 unspecified atom stereocenters. The first kappa shape index (κ1) is 17.2. The van der Waals surface area contributed by atoms with Crippen LogP contribution in [0.3, 0.4) is 0 Å². The molecule has 0 bridgehead atoms. The van der Waals surface area contributed by atoms with Crippen LogP contribution in [0.4, 0.5) is 20.6 Å². The van der Waals surface area contributed by atoms with Crippen molar-refractivity contribution in [3.63, 3.8) is 0 Å². The van der Waals surface area contributed by atoms with Gasteiger partial charge in [-0.25, -0.2) is 14.0 Å². The third-order valence-corrected chi connectivity index (χ3v) is 3.43. The zero-order chi connectivity index (χ0) is 18.4. The SMILES string of the molecule is O=C(Nc1ccccc1)Nc1ccc(OC(=O)c2ccc(F)cc2)cc1. The Morgan fingerprint density at radius 2 is 1.31 bits per heavy atom. The van der Waals surface area contributed by atoms with Crippen molar-refractivity contribution in [1.29, 1.82) is 0 Å². The van der Waals surface area contributed by atoms with E-state index < -0.39 is 11.8 Å². The zero-order valence-corrected chi connectivity index (χ0v) is 13.6. The number of rotatable bonds is 4. The molecule has 3 aromatic rings. The molecule has 5 nitrogen and oxygen atoms in total. The molecule has 0 aliphatic heterocycles. The highest BCUT2D eigenvalue weighted by atomic mass is 19.1. The van der Waals surface area contributed by atoms with E-state index >= 15 is 0 Å². The number of ether oxygens (including phenoxy) is 1. The first-order chi connectivity index (χ1) is 12.6. The Kier molecular flexibility index (Phi) is 5.24. The van der Waals surface area contributed by atoms with Gasteiger partial charge < -0.3 is 15.4 Å². The molecule has 0 aliphatic carbocycles. The Bertz CT molecular complexity index is 895. The van der Waals surface area contributed by atoms with Gasteiger partial charge in [-0.2, -0.15) is 0 Å². The maximum Gasteiger partial charge on any atom is 0.343 e. The van der Waals surface area contributed by atoms with Gasteiger partial charge in [-0.1, -0.05) is 18.2 Å². The Morgan fingerprint density at radius 1 is 0.731 bits per heavy atom. The highest BCUT2D eigenvalue weighted by Crippen LogP contribution is 2.18. The molecule has 3 rings (SSSR count). The largest absolute Gasteiger partial charge is 0.423 e. The number of benzene rings is 3. The van der Waals surface area contributed by atoms with Crippen LogP contribution < -0.4 is 15.4 Å². The molecule has 26 heavy (non-hydrogen) atoms. The Balaban J connectivity index is 1.57. The molecule has 0 radical (unpaired) electrons. The van der Waals surface area contributed by atoms with Gasteiger partial charge in [-0.05, 0) is 60.7 Å². The summed E-state index contributed by atoms with van der Waals surface area (Å²) in [6.07, 6.45) is 0. The van der Waals surface area contributed by atoms with Gasteiger partial charge in [0.2, 0.25) is 0 Å². The minimum absolute atomic E-state index is 0.246. The molecule has 0 spiro atoms. The second-order valence-corrected chi connectivity index (χ2v) is 5.37. The molecule has 2 amide bonds. The highest BCUT2D eigenvalue weighted by Gasteiger charge is 2.09. The number of anilines is 2. The van der Waals surface area contributed by atoms with E-state index in [1.165, 1.54) is 24.3 Å². The second-order valence-electron chi connectivity index (χ2n) is 5.37. The minimum atomic E-state index is -0.590. The van der Waals surface area contributed by atoms with E-state index in [2.05, 4.69) is 10.6 Å². The van der Waals surface area contributed by atoms with Gasteiger partial charge in [0.05, 0.1) is 5.56 Å². The van der Waals surface area contributed by atoms with Crippen LogP contribution >= 0.6 is 0 Å². The van der Waals surface area contributed by atoms with Crippen molar-refractivity contribution in [3.8, 4) is 5.75 Å². The first-order valence-corrected chi connectivity index (χ1v) is 7.81. The van der Waals surface area contributed by atoms with E-state index in [0.717, 1.165) is 0 Å². The normalized spacial score (nSPS) is 10.0. The summed E-state index contributed by atoms with van der Waals surface area (Å²) in [7, 11) is 0. The van der Waals surface area contributed by atoms with E-state index in [4.69, 9.17) is 4.74 Å². The van der Waals surface area contributed by atoms with E-state index in [1.807, 2.05) is 18.2 Å². The molecule has 0 aliphatic rings. The van der Waals surface area contributed by atoms with Crippen molar-refractivity contribution >= 4 is 23.4 Å². The monoisotopic (exact) mass is 350 g/mol. The van der Waals surface area contributed by atoms with Crippen molar-refractivity contribution < 1.29 is 18.7 Å². The van der Waals surface area contributed by atoms with E-state index in [0.29, 0.717) is 17.1 Å². The van der Waals surface area contributed by atoms with Crippen molar-refractivity contribution in [3.05, 3.63) is 90.2 Å². The van der Waals surface area contributed by atoms with Crippen LogP contribution in [0.5, 0.6) is 5.75 Å². The number of carbonyl (C=O) groups is 2. The van der Waals surface area contributed by atoms with Crippen molar-refractivity contribution in [2.45, 2.75) is 0 Å². The smallest absolute Gasteiger partial charge is 0.343 e. The number of para-hydroxylation sites is 1. The predicted molar refractivity (Wildman–Crippen MR) is 96.9 cm³/mol. The lowest BCUT2D eigenvalue weighted by molar-refractivity contribution is 0.0734. The van der Waals surface area contributed by atoms with Gasteiger partial charge in [-0.15, -0.1) is 0 Å². The maximum absolute atomic E-state index is 12.9. The molecule has 0 saturated heterocycles. The number of esters is 1. The van der Waals surface area contributed by atoms with Crippen LogP contribution in [-0.4, -0.2) is 12.0 Å². The summed E-state index contributed by atoms with van der Waals surface area (Å²) < 4.78 is 18.1. The van der Waals surface area contributed by atoms with Crippen molar-refractivity contribution in [1.82, 2.24) is 0 Å². The zero-order valence-electron chi connectivity index (χ0n) is 13.6. The van der Waals surface area contributed by atoms with E-state index in [1.54, 1.807) is 36.4 Å². The summed E-state index contributed by atoms with van der Waals surface area (Å²) in [4.78, 5) is 23.9. The number of urea groups is 1. The summed E-state index contributed by atoms with van der Waals surface area (Å²) in [6, 6.07) is 20.1. The van der Waals surface area contributed by atoms with Crippen LogP contribution in [0.25, 0.3) is 0 Å². The number of carbonyl (C=O) groups excluding carboxylic acids is 2. The van der Waals surface area contributed by atoms with Crippen LogP contribution in [-0.2, 0) is 0 Å². The first-order valence-electron chi connectivity index (χ1n) is 7.81. The number of nitrogens with one attached hydrogen (secondary N) is 2. The van der Waals surface area contributed by atoms with Gasteiger partial charge in [0, 0.05) is 11.4 Å². The summed E-state index contributed by atoms with van der Waals surface area (Å²) in [5, 5.41) is 5.37. The fraction of sp³-hybridized carbons (Fsp3) is 0. The molecule has 0 atom stereocenters. The molecule has 0 aromatic heterocycles. The minimum Gasteiger partial charge on any atom is -0.423 e. The number of amides is 2. The molecule has 0 fully saturated rings. The molecule has 2 N–H and O–H groups in total. The van der Waals surface area contributed by atoms with Gasteiger partial charge in [-0.3, -0.25) is 0 Å². The third-order valence-electron chi connectivity index (χ3n) is 3.43. The lowest BCUT2D eigenvalue weighted by atomic mass is 10.2. The van der Waals surface area contributed by atoms with Crippen LogP contribution in [0.2, 0.25) is 0 Å². The Hall–Kier alpha value is -3.67. The number of halogens is 1. The highest BCUT2D eigenvalue weighted by molar-refractivity contribution is 5.99. The van der Waals surface area contributed by atoms with Crippen LogP contribution in [0.15, 0.2) is 78.9 Å². The average Bonchev–Trinajstić information content (AvgIpc) is 2.64. The second kappa shape index (κ2) is 7.94. The fourth-order valence-electron chi connectivity index (χ4n) is 2.17. The van der Waals surface area contributed by atoms with Crippen LogP contribution in [0, 0.1) is 5.82 Å². The van der Waals surface area contributed by atoms with Gasteiger partial charge in [0.15, 0.2) is 0 Å². The lowest BCUT2D eigenvalue weighted by Gasteiger charge is -2.09. The van der Waals surface area contributed by atoms with E-state index in [9.17, 15) is 14.0 Å². The quantitative estimate of drug-likeness (QED) is 0.530. The Labute approximate surface area is 149 Å². The molecule has 3 aromatic carbocycles. The molecular formula is C20H15FN2O3. The molecule has 0 heterocycles.